The topological polar surface area (TPSA) is 18.5 Å². The maximum Gasteiger partial charge on any atom is 0.0617 e. The standard InChI is InChI=1S/C42H56O2/c1-31(19-15-21-33(3)23-25-39-35(5)27-37(43-11)29-41(39,7)8)17-13-14-18-32(2)20-16-22-34(4)24-26-40-36(6)28-38(44-12)30-42(40,9)10/h13-22,37-38H,27-30H2,1-12H3/b14-13+,19-15+,20-16+,31-17+,32-18+,33-21+,34-22+/t37-,38-/m0/s1. The molecular formula is C42H56O2. The van der Waals surface area contributed by atoms with Crippen molar-refractivity contribution in [1.29, 1.82) is 0 Å². The summed E-state index contributed by atoms with van der Waals surface area (Å²) >= 11 is 0. The summed E-state index contributed by atoms with van der Waals surface area (Å²) in [7, 11) is 3.61. The third-order valence-electron chi connectivity index (χ3n) is 8.43. The zero-order chi connectivity index (χ0) is 32.9. The average molecular weight is 593 g/mol. The maximum absolute atomic E-state index is 5.62. The van der Waals surface area contributed by atoms with Gasteiger partial charge in [-0.15, -0.1) is 0 Å². The highest BCUT2D eigenvalue weighted by Gasteiger charge is 2.34. The molecule has 0 unspecified atom stereocenters. The van der Waals surface area contributed by atoms with Crippen molar-refractivity contribution >= 4 is 0 Å². The van der Waals surface area contributed by atoms with Crippen LogP contribution >= 0.6 is 0 Å². The molecule has 2 aliphatic carbocycles. The van der Waals surface area contributed by atoms with Crippen molar-refractivity contribution in [3.63, 3.8) is 0 Å². The van der Waals surface area contributed by atoms with E-state index < -0.39 is 0 Å². The minimum absolute atomic E-state index is 0.0452. The molecule has 0 aromatic heterocycles. The Balaban J connectivity index is 1.94. The molecule has 0 spiro atoms. The van der Waals surface area contributed by atoms with Gasteiger partial charge in [0.1, 0.15) is 0 Å². The van der Waals surface area contributed by atoms with Crippen LogP contribution in [0.5, 0.6) is 0 Å². The van der Waals surface area contributed by atoms with Crippen LogP contribution < -0.4 is 0 Å². The largest absolute Gasteiger partial charge is 0.381 e. The number of rotatable bonds is 8. The first-order valence-electron chi connectivity index (χ1n) is 15.9. The summed E-state index contributed by atoms with van der Waals surface area (Å²) in [6, 6.07) is 0. The van der Waals surface area contributed by atoms with Crippen LogP contribution in [-0.4, -0.2) is 26.4 Å². The molecule has 2 rings (SSSR count). The van der Waals surface area contributed by atoms with Gasteiger partial charge in [0.05, 0.1) is 12.2 Å². The molecular weight excluding hydrogens is 536 g/mol. The third kappa shape index (κ3) is 12.0. The van der Waals surface area contributed by atoms with E-state index in [9.17, 15) is 0 Å². The number of hydrogen-bond acceptors (Lipinski definition) is 2. The molecule has 0 fully saturated rings. The lowest BCUT2D eigenvalue weighted by atomic mass is 9.72. The minimum atomic E-state index is 0.0452. The molecule has 0 aliphatic heterocycles. The Hall–Kier alpha value is -3.30. The molecule has 0 amide bonds. The fraction of sp³-hybridized carbons (Fsp3) is 0.476. The van der Waals surface area contributed by atoms with Crippen molar-refractivity contribution in [2.75, 3.05) is 14.2 Å². The van der Waals surface area contributed by atoms with E-state index >= 15 is 0 Å². The van der Waals surface area contributed by atoms with E-state index in [1.165, 1.54) is 33.4 Å². The van der Waals surface area contributed by atoms with Crippen molar-refractivity contribution in [3.05, 3.63) is 105 Å². The second-order valence-electron chi connectivity index (χ2n) is 13.7. The van der Waals surface area contributed by atoms with Crippen LogP contribution in [0.1, 0.15) is 94.9 Å². The van der Waals surface area contributed by atoms with E-state index in [0.29, 0.717) is 12.2 Å². The highest BCUT2D eigenvalue weighted by atomic mass is 16.5. The van der Waals surface area contributed by atoms with Gasteiger partial charge < -0.3 is 9.47 Å². The van der Waals surface area contributed by atoms with E-state index in [4.69, 9.17) is 9.47 Å². The van der Waals surface area contributed by atoms with Crippen molar-refractivity contribution < 1.29 is 9.47 Å². The summed E-state index contributed by atoms with van der Waals surface area (Å²) in [5.74, 6) is 13.6. The normalized spacial score (nSPS) is 23.4. The van der Waals surface area contributed by atoms with Gasteiger partial charge in [-0.2, -0.15) is 0 Å². The van der Waals surface area contributed by atoms with Crippen molar-refractivity contribution in [2.45, 2.75) is 107 Å². The van der Waals surface area contributed by atoms with Gasteiger partial charge in [-0.05, 0) is 78.4 Å². The molecule has 0 N–H and O–H groups in total. The SMILES string of the molecule is CO[C@H]1CC(C)=C(C#C/C(C)=C/C=C/C(C)=C/C=C/C=C(C)/C=C/C=C(\C)C#CC2=C(C)C[C@H](OC)CC2(C)C)C(C)(C)C1. The quantitative estimate of drug-likeness (QED) is 0.206. The first-order chi connectivity index (χ1) is 20.7. The van der Waals surface area contributed by atoms with Crippen LogP contribution in [0.2, 0.25) is 0 Å². The highest BCUT2D eigenvalue weighted by Crippen LogP contribution is 2.41. The zero-order valence-corrected chi connectivity index (χ0v) is 29.6. The molecule has 2 atom stereocenters. The van der Waals surface area contributed by atoms with Crippen LogP contribution in [0.4, 0.5) is 0 Å². The Labute approximate surface area is 270 Å². The molecule has 0 radical (unpaired) electrons. The Morgan fingerprint density at radius 2 is 0.977 bits per heavy atom. The van der Waals surface area contributed by atoms with Crippen LogP contribution in [-0.2, 0) is 9.47 Å². The van der Waals surface area contributed by atoms with Gasteiger partial charge in [0.25, 0.3) is 0 Å². The summed E-state index contributed by atoms with van der Waals surface area (Å²) in [4.78, 5) is 0. The fourth-order valence-corrected chi connectivity index (χ4v) is 6.03. The van der Waals surface area contributed by atoms with Crippen LogP contribution in [0.3, 0.4) is 0 Å². The molecule has 0 aromatic rings. The molecule has 0 bridgehead atoms. The lowest BCUT2D eigenvalue weighted by Gasteiger charge is -2.36. The van der Waals surface area contributed by atoms with E-state index in [1.54, 1.807) is 14.2 Å². The summed E-state index contributed by atoms with van der Waals surface area (Å²) in [6.07, 6.45) is 25.4. The Bertz CT molecular complexity index is 1320. The molecule has 0 heterocycles. The van der Waals surface area contributed by atoms with Gasteiger partial charge in [0.15, 0.2) is 0 Å². The molecule has 0 saturated carbocycles. The maximum atomic E-state index is 5.62. The molecule has 2 aliphatic rings. The molecule has 44 heavy (non-hydrogen) atoms. The van der Waals surface area contributed by atoms with Crippen LogP contribution in [0.15, 0.2) is 105 Å². The van der Waals surface area contributed by atoms with Crippen LogP contribution in [0.25, 0.3) is 0 Å². The summed E-state index contributed by atoms with van der Waals surface area (Å²) in [5, 5.41) is 0. The molecule has 0 saturated heterocycles. The van der Waals surface area contributed by atoms with Gasteiger partial charge in [0.2, 0.25) is 0 Å². The van der Waals surface area contributed by atoms with Gasteiger partial charge in [0, 0.05) is 36.2 Å². The summed E-state index contributed by atoms with van der Waals surface area (Å²) in [5.41, 5.74) is 9.77. The zero-order valence-electron chi connectivity index (χ0n) is 29.6. The molecule has 0 aromatic carbocycles. The van der Waals surface area contributed by atoms with Gasteiger partial charge >= 0.3 is 0 Å². The molecule has 2 nitrogen and oxygen atoms in total. The minimum Gasteiger partial charge on any atom is -0.381 e. The second kappa shape index (κ2) is 17.3. The second-order valence-corrected chi connectivity index (χ2v) is 13.7. The van der Waals surface area contributed by atoms with Gasteiger partial charge in [-0.1, -0.05) is 134 Å². The van der Waals surface area contributed by atoms with E-state index in [1.807, 2.05) is 0 Å². The highest BCUT2D eigenvalue weighted by molar-refractivity contribution is 5.46. The monoisotopic (exact) mass is 592 g/mol. The first-order valence-corrected chi connectivity index (χ1v) is 15.9. The summed E-state index contributed by atoms with van der Waals surface area (Å²) < 4.78 is 11.2. The molecule has 2 heteroatoms. The smallest absolute Gasteiger partial charge is 0.0617 e. The van der Waals surface area contributed by atoms with Crippen molar-refractivity contribution in [3.8, 4) is 23.7 Å². The molecule has 236 valence electrons. The van der Waals surface area contributed by atoms with Crippen molar-refractivity contribution in [1.82, 2.24) is 0 Å². The Morgan fingerprint density at radius 1 is 0.614 bits per heavy atom. The van der Waals surface area contributed by atoms with Crippen molar-refractivity contribution in [2.24, 2.45) is 10.8 Å². The average Bonchev–Trinajstić information content (AvgIpc) is 2.93. The lowest BCUT2D eigenvalue weighted by Crippen LogP contribution is -2.29. The lowest BCUT2D eigenvalue weighted by molar-refractivity contribution is 0.0628. The summed E-state index contributed by atoms with van der Waals surface area (Å²) in [6.45, 7) is 21.8. The number of hydrogen-bond donors (Lipinski definition) is 0. The first kappa shape index (κ1) is 36.9. The van der Waals surface area contributed by atoms with Gasteiger partial charge in [-0.25, -0.2) is 0 Å². The predicted octanol–water partition coefficient (Wildman–Crippen LogP) is 10.7. The number of methoxy groups -OCH3 is 2. The fourth-order valence-electron chi connectivity index (χ4n) is 6.03. The number of ether oxygens (including phenoxy) is 2. The van der Waals surface area contributed by atoms with Gasteiger partial charge in [-0.3, -0.25) is 0 Å². The van der Waals surface area contributed by atoms with E-state index in [2.05, 4.69) is 154 Å². The number of allylic oxidation sites excluding steroid dienone is 16. The Kier molecular flexibility index (Phi) is 14.5. The van der Waals surface area contributed by atoms with E-state index in [0.717, 1.165) is 36.8 Å². The van der Waals surface area contributed by atoms with Crippen LogP contribution in [0, 0.1) is 34.5 Å². The third-order valence-corrected chi connectivity index (χ3v) is 8.43. The van der Waals surface area contributed by atoms with E-state index in [-0.39, 0.29) is 10.8 Å². The predicted molar refractivity (Wildman–Crippen MR) is 191 cm³/mol. The Morgan fingerprint density at radius 3 is 1.30 bits per heavy atom.